The summed E-state index contributed by atoms with van der Waals surface area (Å²) in [6.07, 6.45) is 5.84. The number of aliphatic hydroxyl groups excluding tert-OH is 3. The summed E-state index contributed by atoms with van der Waals surface area (Å²) in [5.74, 6) is 1.90. The third-order valence-electron chi connectivity index (χ3n) is 13.7. The monoisotopic (exact) mass is 778 g/mol. The number of aryl methyl sites for hydroxylation is 1. The van der Waals surface area contributed by atoms with Crippen molar-refractivity contribution in [2.75, 3.05) is 52.6 Å². The topological polar surface area (TPSA) is 151 Å². The van der Waals surface area contributed by atoms with Gasteiger partial charge in [0.25, 0.3) is 0 Å². The van der Waals surface area contributed by atoms with Gasteiger partial charge in [0.05, 0.1) is 45.7 Å². The lowest BCUT2D eigenvalue weighted by atomic mass is 9.52. The highest BCUT2D eigenvalue weighted by Gasteiger charge is 2.50. The lowest BCUT2D eigenvalue weighted by Gasteiger charge is -2.52. The van der Waals surface area contributed by atoms with Gasteiger partial charge in [0.2, 0.25) is 5.75 Å². The lowest BCUT2D eigenvalue weighted by Crippen LogP contribution is -2.50. The van der Waals surface area contributed by atoms with Crippen molar-refractivity contribution in [2.24, 2.45) is 11.8 Å². The highest BCUT2D eigenvalue weighted by atomic mass is 16.5. The van der Waals surface area contributed by atoms with Crippen LogP contribution in [0.1, 0.15) is 96.2 Å². The van der Waals surface area contributed by atoms with Crippen molar-refractivity contribution >= 4 is 5.69 Å². The van der Waals surface area contributed by atoms with Crippen molar-refractivity contribution in [2.45, 2.75) is 82.0 Å². The van der Waals surface area contributed by atoms with Crippen LogP contribution in [0.3, 0.4) is 0 Å². The summed E-state index contributed by atoms with van der Waals surface area (Å²) in [5.41, 5.74) is 8.95. The maximum Gasteiger partial charge on any atom is 0.200 e. The molecule has 0 bridgehead atoms. The SMILES string of the molecule is CCNCOc1cc(OC)c2c3c1C(O)Nc1cc4c(c(c1-3)CC2)C(O)C(c1cc(OC)c(O)c(OCC(CO)C23CCCCC2CCc2ccccc23)c1)CO4. The summed E-state index contributed by atoms with van der Waals surface area (Å²) in [5, 5.41) is 52.8. The molecular formula is C46H54N2O9. The van der Waals surface area contributed by atoms with Crippen molar-refractivity contribution in [3.05, 3.63) is 87.5 Å². The minimum atomic E-state index is -1.02. The number of aromatic hydroxyl groups is 1. The van der Waals surface area contributed by atoms with Crippen LogP contribution in [0.5, 0.6) is 34.5 Å². The Morgan fingerprint density at radius 3 is 2.51 bits per heavy atom. The molecule has 0 saturated heterocycles. The largest absolute Gasteiger partial charge is 0.502 e. The van der Waals surface area contributed by atoms with Gasteiger partial charge in [-0.2, -0.15) is 0 Å². The summed E-state index contributed by atoms with van der Waals surface area (Å²) in [6, 6.07) is 15.9. The second kappa shape index (κ2) is 15.2. The Balaban J connectivity index is 1.06. The van der Waals surface area contributed by atoms with Gasteiger partial charge in [0.15, 0.2) is 17.7 Å². The number of hydrogen-bond donors (Lipinski definition) is 6. The molecule has 302 valence electrons. The molecule has 1 saturated carbocycles. The van der Waals surface area contributed by atoms with Gasteiger partial charge >= 0.3 is 0 Å². The third-order valence-corrected chi connectivity index (χ3v) is 13.7. The van der Waals surface area contributed by atoms with Crippen LogP contribution in [0.15, 0.2) is 48.5 Å². The summed E-state index contributed by atoms with van der Waals surface area (Å²) >= 11 is 0. The molecule has 2 heterocycles. The van der Waals surface area contributed by atoms with Gasteiger partial charge in [0.1, 0.15) is 24.0 Å². The second-order valence-electron chi connectivity index (χ2n) is 16.3. The summed E-state index contributed by atoms with van der Waals surface area (Å²) in [7, 11) is 3.15. The van der Waals surface area contributed by atoms with E-state index in [1.807, 2.05) is 19.1 Å². The number of nitrogens with one attached hydrogen (secondary N) is 2. The van der Waals surface area contributed by atoms with E-state index in [4.69, 9.17) is 23.7 Å². The van der Waals surface area contributed by atoms with E-state index in [1.165, 1.54) is 24.7 Å². The molecule has 9 rings (SSSR count). The molecular weight excluding hydrogens is 725 g/mol. The van der Waals surface area contributed by atoms with Crippen LogP contribution in [0, 0.1) is 11.8 Å². The van der Waals surface area contributed by atoms with E-state index in [0.717, 1.165) is 66.6 Å². The number of aliphatic hydroxyl groups is 3. The quantitative estimate of drug-likeness (QED) is 0.0665. The van der Waals surface area contributed by atoms with Gasteiger partial charge in [0, 0.05) is 57.3 Å². The number of ether oxygens (including phenoxy) is 5. The van der Waals surface area contributed by atoms with E-state index in [2.05, 4.69) is 34.9 Å². The Hall–Kier alpha value is -4.68. The molecule has 11 heteroatoms. The van der Waals surface area contributed by atoms with Gasteiger partial charge in [-0.05, 0) is 85.4 Å². The first-order valence-electron chi connectivity index (χ1n) is 20.6. The Morgan fingerprint density at radius 1 is 0.895 bits per heavy atom. The minimum Gasteiger partial charge on any atom is -0.502 e. The van der Waals surface area contributed by atoms with Crippen LogP contribution in [-0.4, -0.2) is 67.7 Å². The average Bonchev–Trinajstić information content (AvgIpc) is 3.23. The molecule has 6 N–H and O–H groups in total. The van der Waals surface area contributed by atoms with Gasteiger partial charge in [-0.25, -0.2) is 0 Å². The summed E-state index contributed by atoms with van der Waals surface area (Å²) in [6.45, 7) is 3.36. The average molecular weight is 779 g/mol. The van der Waals surface area contributed by atoms with Crippen LogP contribution in [0.2, 0.25) is 0 Å². The Morgan fingerprint density at radius 2 is 1.70 bits per heavy atom. The van der Waals surface area contributed by atoms with E-state index in [9.17, 15) is 20.4 Å². The number of rotatable bonds is 12. The molecule has 6 unspecified atom stereocenters. The van der Waals surface area contributed by atoms with Crippen LogP contribution in [0.25, 0.3) is 11.1 Å². The van der Waals surface area contributed by atoms with Crippen LogP contribution in [0.4, 0.5) is 5.69 Å². The van der Waals surface area contributed by atoms with Crippen molar-refractivity contribution in [1.82, 2.24) is 5.32 Å². The summed E-state index contributed by atoms with van der Waals surface area (Å²) in [4.78, 5) is 0. The highest BCUT2D eigenvalue weighted by molar-refractivity contribution is 5.93. The Kier molecular flexibility index (Phi) is 10.1. The Labute approximate surface area is 333 Å². The zero-order chi connectivity index (χ0) is 39.4. The third kappa shape index (κ3) is 6.08. The smallest absolute Gasteiger partial charge is 0.200 e. The molecule has 0 radical (unpaired) electrons. The molecule has 0 spiro atoms. The molecule has 6 atom stereocenters. The molecule has 0 aromatic heterocycles. The second-order valence-corrected chi connectivity index (χ2v) is 16.3. The zero-order valence-corrected chi connectivity index (χ0v) is 33.0. The predicted octanol–water partition coefficient (Wildman–Crippen LogP) is 6.81. The van der Waals surface area contributed by atoms with Crippen LogP contribution >= 0.6 is 0 Å². The standard InChI is InChI=1S/C46H54N2O9/c1-4-47-24-57-36-20-34(53-2)29-14-15-30-39-33(48-45(52)42(36)41(29)39)19-35-40(30)43(50)31(23-56-35)26-17-37(54-3)44(51)38(18-26)55-22-28(21-49)46-16-8-7-10-27(46)13-12-25-9-5-6-11-32(25)46/h5-6,9,11,17-20,27-28,31,43,45,47-52H,4,7-8,10,12-16,21-24H2,1-3H3. The fourth-order valence-electron chi connectivity index (χ4n) is 11.0. The molecule has 5 aliphatic rings. The van der Waals surface area contributed by atoms with Crippen molar-refractivity contribution in [3.63, 3.8) is 0 Å². The number of benzene rings is 4. The number of hydrogen-bond acceptors (Lipinski definition) is 11. The molecule has 1 fully saturated rings. The van der Waals surface area contributed by atoms with E-state index in [-0.39, 0.29) is 55.1 Å². The van der Waals surface area contributed by atoms with Crippen molar-refractivity contribution < 1.29 is 44.1 Å². The molecule has 2 aliphatic heterocycles. The number of methoxy groups -OCH3 is 2. The van der Waals surface area contributed by atoms with Gasteiger partial charge < -0.3 is 49.4 Å². The molecule has 3 aliphatic carbocycles. The number of fused-ring (bicyclic) bond motifs is 5. The Bertz CT molecular complexity index is 2170. The minimum absolute atomic E-state index is 0.0344. The van der Waals surface area contributed by atoms with Crippen LogP contribution in [-0.2, 0) is 24.7 Å². The molecule has 4 aromatic rings. The lowest BCUT2D eigenvalue weighted by molar-refractivity contribution is 0.0234. The molecule has 0 amide bonds. The van der Waals surface area contributed by atoms with Crippen molar-refractivity contribution in [3.8, 4) is 45.6 Å². The maximum atomic E-state index is 12.4. The number of phenols is 1. The fraction of sp³-hybridized carbons (Fsp3) is 0.478. The molecule has 4 aromatic carbocycles. The first-order valence-corrected chi connectivity index (χ1v) is 20.6. The van der Waals surface area contributed by atoms with E-state index >= 15 is 0 Å². The molecule has 11 nitrogen and oxygen atoms in total. The number of anilines is 1. The fourth-order valence-corrected chi connectivity index (χ4v) is 11.0. The maximum absolute atomic E-state index is 12.4. The first-order chi connectivity index (χ1) is 27.8. The van der Waals surface area contributed by atoms with E-state index in [0.29, 0.717) is 52.7 Å². The normalized spacial score (nSPS) is 24.4. The molecule has 57 heavy (non-hydrogen) atoms. The highest BCUT2D eigenvalue weighted by Crippen LogP contribution is 2.58. The van der Waals surface area contributed by atoms with Gasteiger partial charge in [-0.15, -0.1) is 0 Å². The predicted molar refractivity (Wildman–Crippen MR) is 216 cm³/mol. The zero-order valence-electron chi connectivity index (χ0n) is 33.0. The number of phenolic OH excluding ortho intramolecular Hbond substituents is 1. The van der Waals surface area contributed by atoms with E-state index < -0.39 is 18.2 Å². The van der Waals surface area contributed by atoms with Crippen molar-refractivity contribution in [1.29, 1.82) is 0 Å². The first kappa shape index (κ1) is 37.9. The van der Waals surface area contributed by atoms with Gasteiger partial charge in [-0.1, -0.05) is 44.0 Å². The van der Waals surface area contributed by atoms with E-state index in [1.54, 1.807) is 19.2 Å². The van der Waals surface area contributed by atoms with Gasteiger partial charge in [-0.3, -0.25) is 5.32 Å². The summed E-state index contributed by atoms with van der Waals surface area (Å²) < 4.78 is 30.7. The van der Waals surface area contributed by atoms with Crippen LogP contribution < -0.4 is 34.3 Å².